The molecule has 13 heavy (non-hydrogen) atoms. The standard InChI is InChI=1S/C7H10INO4/c1-9-5(7(12)13-2)3-4(8)6(10)11/h3-4,9H,1-2H3,(H,10,11)/b5-3-. The van der Waals surface area contributed by atoms with Crippen molar-refractivity contribution in [3.05, 3.63) is 11.8 Å². The number of ether oxygens (including phenoxy) is 1. The van der Waals surface area contributed by atoms with Crippen LogP contribution in [0.1, 0.15) is 0 Å². The highest BCUT2D eigenvalue weighted by atomic mass is 127. The van der Waals surface area contributed by atoms with Crippen LogP contribution in [0.15, 0.2) is 11.8 Å². The fraction of sp³-hybridized carbons (Fsp3) is 0.429. The number of alkyl halides is 1. The van der Waals surface area contributed by atoms with E-state index in [9.17, 15) is 9.59 Å². The number of carboxylic acid groups (broad SMARTS) is 1. The maximum Gasteiger partial charge on any atom is 0.353 e. The molecular weight excluding hydrogens is 289 g/mol. The van der Waals surface area contributed by atoms with Crippen LogP contribution in [0.2, 0.25) is 0 Å². The van der Waals surface area contributed by atoms with Crippen molar-refractivity contribution < 1.29 is 19.4 Å². The lowest BCUT2D eigenvalue weighted by Gasteiger charge is -2.05. The second-order valence-electron chi connectivity index (χ2n) is 2.06. The van der Waals surface area contributed by atoms with Gasteiger partial charge in [-0.2, -0.15) is 0 Å². The average Bonchev–Trinajstić information content (AvgIpc) is 2.12. The Hall–Kier alpha value is -0.790. The average molecular weight is 299 g/mol. The summed E-state index contributed by atoms with van der Waals surface area (Å²) >= 11 is 1.70. The van der Waals surface area contributed by atoms with Crippen molar-refractivity contribution in [1.29, 1.82) is 0 Å². The topological polar surface area (TPSA) is 75.6 Å². The molecule has 0 saturated carbocycles. The zero-order chi connectivity index (χ0) is 10.4. The van der Waals surface area contributed by atoms with Crippen LogP contribution in [0.25, 0.3) is 0 Å². The Bertz CT molecular complexity index is 239. The van der Waals surface area contributed by atoms with Gasteiger partial charge in [0.2, 0.25) is 0 Å². The van der Waals surface area contributed by atoms with Gasteiger partial charge < -0.3 is 15.2 Å². The molecule has 0 fully saturated rings. The van der Waals surface area contributed by atoms with Crippen molar-refractivity contribution in [3.8, 4) is 0 Å². The fourth-order valence-corrected chi connectivity index (χ4v) is 0.941. The molecule has 6 heteroatoms. The summed E-state index contributed by atoms with van der Waals surface area (Å²) in [5.41, 5.74) is 0.143. The minimum Gasteiger partial charge on any atom is -0.480 e. The lowest BCUT2D eigenvalue weighted by atomic mass is 10.3. The third-order valence-corrected chi connectivity index (χ3v) is 2.12. The molecule has 1 atom stereocenters. The van der Waals surface area contributed by atoms with E-state index in [0.29, 0.717) is 0 Å². The third-order valence-electron chi connectivity index (χ3n) is 1.22. The highest BCUT2D eigenvalue weighted by Crippen LogP contribution is 2.05. The Kier molecular flexibility index (Phi) is 5.44. The number of rotatable bonds is 4. The van der Waals surface area contributed by atoms with Gasteiger partial charge in [-0.1, -0.05) is 22.6 Å². The number of methoxy groups -OCH3 is 1. The Labute approximate surface area is 89.3 Å². The Morgan fingerprint density at radius 2 is 2.15 bits per heavy atom. The molecular formula is C7H10INO4. The highest BCUT2D eigenvalue weighted by Gasteiger charge is 2.14. The molecule has 0 aliphatic heterocycles. The number of carboxylic acids is 1. The maximum absolute atomic E-state index is 11.0. The normalized spacial score (nSPS) is 13.3. The van der Waals surface area contributed by atoms with Gasteiger partial charge >= 0.3 is 11.9 Å². The van der Waals surface area contributed by atoms with E-state index in [1.165, 1.54) is 20.2 Å². The quantitative estimate of drug-likeness (QED) is 0.334. The first-order chi connectivity index (χ1) is 6.02. The number of nitrogens with one attached hydrogen (secondary N) is 1. The Morgan fingerprint density at radius 3 is 2.46 bits per heavy atom. The Morgan fingerprint density at radius 1 is 1.62 bits per heavy atom. The molecule has 0 rings (SSSR count). The second-order valence-corrected chi connectivity index (χ2v) is 3.40. The van der Waals surface area contributed by atoms with Crippen LogP contribution in [0.4, 0.5) is 0 Å². The van der Waals surface area contributed by atoms with Crippen molar-refractivity contribution in [3.63, 3.8) is 0 Å². The van der Waals surface area contributed by atoms with Gasteiger partial charge in [0.1, 0.15) is 9.62 Å². The summed E-state index contributed by atoms with van der Waals surface area (Å²) in [4.78, 5) is 21.4. The number of aliphatic carboxylic acids is 1. The van der Waals surface area contributed by atoms with Crippen LogP contribution >= 0.6 is 22.6 Å². The third kappa shape index (κ3) is 4.11. The van der Waals surface area contributed by atoms with E-state index < -0.39 is 15.9 Å². The lowest BCUT2D eigenvalue weighted by molar-refractivity contribution is -0.136. The summed E-state index contributed by atoms with van der Waals surface area (Å²) in [5, 5.41) is 11.1. The first-order valence-corrected chi connectivity index (χ1v) is 4.62. The molecule has 0 aromatic heterocycles. The summed E-state index contributed by atoms with van der Waals surface area (Å²) in [5.74, 6) is -1.58. The number of likely N-dealkylation sites (N-methyl/N-ethyl adjacent to an activating group) is 1. The van der Waals surface area contributed by atoms with E-state index in [1.54, 1.807) is 22.6 Å². The molecule has 0 aliphatic carbocycles. The monoisotopic (exact) mass is 299 g/mol. The lowest BCUT2D eigenvalue weighted by Crippen LogP contribution is -2.21. The van der Waals surface area contributed by atoms with Gasteiger partial charge in [-0.15, -0.1) is 0 Å². The van der Waals surface area contributed by atoms with Crippen LogP contribution in [-0.4, -0.2) is 35.1 Å². The minimum atomic E-state index is -1.00. The number of hydrogen-bond acceptors (Lipinski definition) is 4. The van der Waals surface area contributed by atoms with Gasteiger partial charge in [-0.05, 0) is 6.08 Å². The van der Waals surface area contributed by atoms with E-state index in [2.05, 4.69) is 10.1 Å². The molecule has 0 amide bonds. The molecule has 0 aromatic carbocycles. The molecule has 1 unspecified atom stereocenters. The van der Waals surface area contributed by atoms with Crippen LogP contribution < -0.4 is 5.32 Å². The molecule has 0 aromatic rings. The molecule has 0 radical (unpaired) electrons. The number of esters is 1. The number of halogens is 1. The number of carbonyl (C=O) groups excluding carboxylic acids is 1. The maximum atomic E-state index is 11.0. The largest absolute Gasteiger partial charge is 0.480 e. The molecule has 2 N–H and O–H groups in total. The van der Waals surface area contributed by atoms with Crippen molar-refractivity contribution in [1.82, 2.24) is 5.32 Å². The molecule has 0 bridgehead atoms. The van der Waals surface area contributed by atoms with Gasteiger partial charge in [-0.25, -0.2) is 4.79 Å². The number of carbonyl (C=O) groups is 2. The van der Waals surface area contributed by atoms with Crippen molar-refractivity contribution in [2.75, 3.05) is 14.2 Å². The molecule has 0 aliphatic rings. The predicted molar refractivity (Wildman–Crippen MR) is 54.6 cm³/mol. The van der Waals surface area contributed by atoms with E-state index in [-0.39, 0.29) is 5.70 Å². The smallest absolute Gasteiger partial charge is 0.353 e. The zero-order valence-electron chi connectivity index (χ0n) is 7.20. The van der Waals surface area contributed by atoms with Crippen LogP contribution in [0.3, 0.4) is 0 Å². The summed E-state index contributed by atoms with van der Waals surface area (Å²) < 4.78 is 3.67. The van der Waals surface area contributed by atoms with Gasteiger partial charge in [0, 0.05) is 7.05 Å². The van der Waals surface area contributed by atoms with E-state index in [1.807, 2.05) is 0 Å². The summed E-state index contributed by atoms with van der Waals surface area (Å²) in [6.07, 6.45) is 1.29. The van der Waals surface area contributed by atoms with Gasteiger partial charge in [0.25, 0.3) is 0 Å². The molecule has 5 nitrogen and oxygen atoms in total. The highest BCUT2D eigenvalue weighted by molar-refractivity contribution is 14.1. The van der Waals surface area contributed by atoms with Crippen molar-refractivity contribution in [2.24, 2.45) is 0 Å². The first kappa shape index (κ1) is 12.2. The van der Waals surface area contributed by atoms with Crippen LogP contribution in [0, 0.1) is 0 Å². The van der Waals surface area contributed by atoms with Gasteiger partial charge in [0.15, 0.2) is 0 Å². The number of hydrogen-bond donors (Lipinski definition) is 2. The van der Waals surface area contributed by atoms with Crippen molar-refractivity contribution >= 4 is 34.5 Å². The molecule has 74 valence electrons. The zero-order valence-corrected chi connectivity index (χ0v) is 9.36. The summed E-state index contributed by atoms with van der Waals surface area (Å²) in [6.45, 7) is 0. The van der Waals surface area contributed by atoms with E-state index in [4.69, 9.17) is 5.11 Å². The predicted octanol–water partition coefficient (Wildman–Crippen LogP) is 0.151. The van der Waals surface area contributed by atoms with E-state index in [0.717, 1.165) is 0 Å². The molecule has 0 heterocycles. The van der Waals surface area contributed by atoms with Crippen LogP contribution in [0.5, 0.6) is 0 Å². The molecule has 0 spiro atoms. The van der Waals surface area contributed by atoms with Gasteiger partial charge in [-0.3, -0.25) is 4.79 Å². The summed E-state index contributed by atoms with van der Waals surface area (Å²) in [6, 6.07) is 0. The van der Waals surface area contributed by atoms with Crippen molar-refractivity contribution in [2.45, 2.75) is 3.92 Å². The SMILES string of the molecule is CN/C(=C\C(I)C(=O)O)C(=O)OC. The van der Waals surface area contributed by atoms with E-state index >= 15 is 0 Å². The van der Waals surface area contributed by atoms with Crippen LogP contribution in [-0.2, 0) is 14.3 Å². The molecule has 0 saturated heterocycles. The van der Waals surface area contributed by atoms with Gasteiger partial charge in [0.05, 0.1) is 7.11 Å². The first-order valence-electron chi connectivity index (χ1n) is 3.37. The minimum absolute atomic E-state index is 0.143. The fourth-order valence-electron chi connectivity index (χ4n) is 0.581. The Balaban J connectivity index is 4.56. The second kappa shape index (κ2) is 5.79. The summed E-state index contributed by atoms with van der Waals surface area (Å²) in [7, 11) is 2.75.